The van der Waals surface area contributed by atoms with Gasteiger partial charge in [-0.2, -0.15) is 5.10 Å². The van der Waals surface area contributed by atoms with Gasteiger partial charge in [0.1, 0.15) is 0 Å². The van der Waals surface area contributed by atoms with Crippen LogP contribution in [0.25, 0.3) is 5.69 Å². The summed E-state index contributed by atoms with van der Waals surface area (Å²) in [5.41, 5.74) is 7.33. The van der Waals surface area contributed by atoms with Crippen LogP contribution in [0.2, 0.25) is 0 Å². The van der Waals surface area contributed by atoms with E-state index in [1.54, 1.807) is 18.3 Å². The highest BCUT2D eigenvalue weighted by atomic mass is 16.2. The summed E-state index contributed by atoms with van der Waals surface area (Å²) < 4.78 is 2.01. The monoisotopic (exact) mass is 346 g/mol. The molecule has 1 N–H and O–H groups in total. The molecular weight excluding hydrogens is 324 g/mol. The maximum Gasteiger partial charge on any atom is 0.271 e. The van der Waals surface area contributed by atoms with Crippen molar-refractivity contribution in [2.75, 3.05) is 19.0 Å². The molecule has 0 aliphatic rings. The van der Waals surface area contributed by atoms with E-state index in [-0.39, 0.29) is 5.91 Å². The van der Waals surface area contributed by atoms with Gasteiger partial charge in [0.05, 0.1) is 11.9 Å². The second kappa shape index (κ2) is 7.70. The molecular formula is C21H22N4O. The first-order valence-electron chi connectivity index (χ1n) is 8.40. The van der Waals surface area contributed by atoms with Gasteiger partial charge in [-0.3, -0.25) is 4.79 Å². The van der Waals surface area contributed by atoms with Gasteiger partial charge in [0, 0.05) is 37.2 Å². The van der Waals surface area contributed by atoms with Crippen LogP contribution >= 0.6 is 0 Å². The Bertz CT molecular complexity index is 906. The summed E-state index contributed by atoms with van der Waals surface area (Å²) in [6.07, 6.45) is 3.61. The fourth-order valence-corrected chi connectivity index (χ4v) is 2.57. The molecule has 0 saturated carbocycles. The van der Waals surface area contributed by atoms with Crippen molar-refractivity contribution in [3.8, 4) is 5.69 Å². The number of nitrogens with zero attached hydrogens (tertiary/aromatic N) is 3. The number of nitrogens with one attached hydrogen (secondary N) is 1. The van der Waals surface area contributed by atoms with Gasteiger partial charge >= 0.3 is 0 Å². The molecule has 2 aromatic carbocycles. The predicted octanol–water partition coefficient (Wildman–Crippen LogP) is 3.62. The number of carbonyl (C=O) groups is 1. The van der Waals surface area contributed by atoms with Crippen LogP contribution < -0.4 is 10.3 Å². The average molecular weight is 346 g/mol. The Kier molecular flexibility index (Phi) is 5.17. The highest BCUT2D eigenvalue weighted by molar-refractivity contribution is 5.94. The van der Waals surface area contributed by atoms with Crippen LogP contribution in [0.4, 0.5) is 5.69 Å². The van der Waals surface area contributed by atoms with E-state index < -0.39 is 0 Å². The average Bonchev–Trinajstić information content (AvgIpc) is 3.10. The number of anilines is 1. The molecule has 26 heavy (non-hydrogen) atoms. The molecule has 0 saturated heterocycles. The van der Waals surface area contributed by atoms with Crippen LogP contribution in [0.3, 0.4) is 0 Å². The van der Waals surface area contributed by atoms with Crippen molar-refractivity contribution >= 4 is 17.8 Å². The van der Waals surface area contributed by atoms with Gasteiger partial charge < -0.3 is 9.47 Å². The highest BCUT2D eigenvalue weighted by Crippen LogP contribution is 2.17. The number of rotatable bonds is 5. The van der Waals surface area contributed by atoms with Gasteiger partial charge in [0.2, 0.25) is 0 Å². The minimum Gasteiger partial charge on any atom is -0.378 e. The molecule has 3 rings (SSSR count). The molecule has 0 fully saturated rings. The van der Waals surface area contributed by atoms with Crippen molar-refractivity contribution in [3.63, 3.8) is 0 Å². The smallest absolute Gasteiger partial charge is 0.271 e. The summed E-state index contributed by atoms with van der Waals surface area (Å²) in [5.74, 6) is -0.227. The fourth-order valence-electron chi connectivity index (χ4n) is 2.57. The third-order valence-electron chi connectivity index (χ3n) is 4.10. The number of aryl methyl sites for hydroxylation is 1. The minimum absolute atomic E-state index is 0.227. The summed E-state index contributed by atoms with van der Waals surface area (Å²) in [7, 11) is 4.03. The maximum atomic E-state index is 12.1. The number of carbonyl (C=O) groups excluding carboxylic acids is 1. The lowest BCUT2D eigenvalue weighted by atomic mass is 10.1. The zero-order valence-electron chi connectivity index (χ0n) is 15.2. The molecule has 3 aromatic rings. The van der Waals surface area contributed by atoms with E-state index in [0.29, 0.717) is 5.56 Å². The van der Waals surface area contributed by atoms with Gasteiger partial charge in [0.25, 0.3) is 5.91 Å². The second-order valence-electron chi connectivity index (χ2n) is 6.28. The van der Waals surface area contributed by atoms with E-state index in [4.69, 9.17) is 0 Å². The molecule has 0 aliphatic heterocycles. The molecule has 5 heteroatoms. The molecule has 1 amide bonds. The Hall–Kier alpha value is -3.34. The van der Waals surface area contributed by atoms with Crippen molar-refractivity contribution < 1.29 is 4.79 Å². The van der Waals surface area contributed by atoms with E-state index in [1.807, 2.05) is 56.0 Å². The van der Waals surface area contributed by atoms with Crippen molar-refractivity contribution in [1.82, 2.24) is 9.99 Å². The number of benzene rings is 2. The molecule has 0 radical (unpaired) electrons. The van der Waals surface area contributed by atoms with Gasteiger partial charge in [-0.15, -0.1) is 0 Å². The molecule has 1 aromatic heterocycles. The lowest BCUT2D eigenvalue weighted by Gasteiger charge is -2.13. The molecule has 5 nitrogen and oxygen atoms in total. The lowest BCUT2D eigenvalue weighted by Crippen LogP contribution is -2.17. The van der Waals surface area contributed by atoms with Crippen LogP contribution in [-0.2, 0) is 0 Å². The quantitative estimate of drug-likeness (QED) is 0.567. The standard InChI is InChI=1S/C21H22N4O/c1-16-6-8-17(9-7-16)21(26)23-22-15-20-5-4-14-25(20)19-12-10-18(11-13-19)24(2)3/h4-15H,1-3H3,(H,23,26)/b22-15-. The Morgan fingerprint density at radius 2 is 1.73 bits per heavy atom. The van der Waals surface area contributed by atoms with E-state index in [1.165, 1.54) is 0 Å². The molecule has 0 aliphatic carbocycles. The Balaban J connectivity index is 1.71. The number of aromatic nitrogens is 1. The SMILES string of the molecule is Cc1ccc(C(=O)N/N=C\c2cccn2-c2ccc(N(C)C)cc2)cc1. The van der Waals surface area contributed by atoms with Gasteiger partial charge in [-0.25, -0.2) is 5.43 Å². The summed E-state index contributed by atoms with van der Waals surface area (Å²) in [6, 6.07) is 19.5. The molecule has 0 unspecified atom stereocenters. The number of amides is 1. The van der Waals surface area contributed by atoms with Gasteiger partial charge in [0.15, 0.2) is 0 Å². The fraction of sp³-hybridized carbons (Fsp3) is 0.143. The first kappa shape index (κ1) is 17.5. The number of hydrazone groups is 1. The third kappa shape index (κ3) is 4.00. The maximum absolute atomic E-state index is 12.1. The zero-order valence-corrected chi connectivity index (χ0v) is 15.2. The molecule has 0 bridgehead atoms. The van der Waals surface area contributed by atoms with Gasteiger partial charge in [-0.05, 0) is 55.5 Å². The second-order valence-corrected chi connectivity index (χ2v) is 6.28. The first-order chi connectivity index (χ1) is 12.5. The molecule has 1 heterocycles. The first-order valence-corrected chi connectivity index (χ1v) is 8.40. The normalized spacial score (nSPS) is 10.9. The summed E-state index contributed by atoms with van der Waals surface area (Å²) in [5, 5.41) is 4.09. The minimum atomic E-state index is -0.227. The van der Waals surface area contributed by atoms with Crippen molar-refractivity contribution in [2.45, 2.75) is 6.92 Å². The zero-order chi connectivity index (χ0) is 18.5. The number of hydrogen-bond donors (Lipinski definition) is 1. The van der Waals surface area contributed by atoms with Crippen LogP contribution in [0.1, 0.15) is 21.6 Å². The Morgan fingerprint density at radius 3 is 2.38 bits per heavy atom. The van der Waals surface area contributed by atoms with Crippen molar-refractivity contribution in [2.24, 2.45) is 5.10 Å². The van der Waals surface area contributed by atoms with E-state index in [2.05, 4.69) is 39.7 Å². The summed E-state index contributed by atoms with van der Waals surface area (Å²) >= 11 is 0. The van der Waals surface area contributed by atoms with Crippen LogP contribution in [-0.4, -0.2) is 30.8 Å². The summed E-state index contributed by atoms with van der Waals surface area (Å²) in [4.78, 5) is 14.2. The van der Waals surface area contributed by atoms with Gasteiger partial charge in [-0.1, -0.05) is 17.7 Å². The van der Waals surface area contributed by atoms with Crippen LogP contribution in [0.15, 0.2) is 72.0 Å². The van der Waals surface area contributed by atoms with Crippen LogP contribution in [0.5, 0.6) is 0 Å². The topological polar surface area (TPSA) is 49.6 Å². The molecule has 132 valence electrons. The predicted molar refractivity (Wildman–Crippen MR) is 106 cm³/mol. The number of hydrogen-bond acceptors (Lipinski definition) is 3. The van der Waals surface area contributed by atoms with E-state index in [9.17, 15) is 4.79 Å². The van der Waals surface area contributed by atoms with E-state index >= 15 is 0 Å². The molecule has 0 atom stereocenters. The lowest BCUT2D eigenvalue weighted by molar-refractivity contribution is 0.0955. The van der Waals surface area contributed by atoms with Crippen molar-refractivity contribution in [3.05, 3.63) is 83.7 Å². The summed E-state index contributed by atoms with van der Waals surface area (Å²) in [6.45, 7) is 1.99. The largest absolute Gasteiger partial charge is 0.378 e. The Labute approximate surface area is 153 Å². The van der Waals surface area contributed by atoms with Crippen molar-refractivity contribution in [1.29, 1.82) is 0 Å². The highest BCUT2D eigenvalue weighted by Gasteiger charge is 2.04. The van der Waals surface area contributed by atoms with E-state index in [0.717, 1.165) is 22.6 Å². The molecule has 0 spiro atoms. The third-order valence-corrected chi connectivity index (χ3v) is 4.10. The van der Waals surface area contributed by atoms with Crippen LogP contribution in [0, 0.1) is 6.92 Å². The Morgan fingerprint density at radius 1 is 1.04 bits per heavy atom.